The maximum absolute atomic E-state index is 4.58. The Morgan fingerprint density at radius 2 is 2.24 bits per heavy atom. The summed E-state index contributed by atoms with van der Waals surface area (Å²) in [5, 5.41) is 12.1. The summed E-state index contributed by atoms with van der Waals surface area (Å²) < 4.78 is 2.22. The van der Waals surface area contributed by atoms with Crippen LogP contribution in [0.4, 0.5) is 0 Å². The molecule has 0 amide bonds. The van der Waals surface area contributed by atoms with Crippen molar-refractivity contribution in [3.8, 4) is 22.5 Å². The van der Waals surface area contributed by atoms with E-state index >= 15 is 0 Å². The number of nitrogens with one attached hydrogen (secondary N) is 1. The lowest BCUT2D eigenvalue weighted by atomic mass is 10.1. The van der Waals surface area contributed by atoms with Gasteiger partial charge in [-0.05, 0) is 28.6 Å². The molecule has 124 valence electrons. The van der Waals surface area contributed by atoms with E-state index in [0.717, 1.165) is 30.9 Å². The van der Waals surface area contributed by atoms with Crippen LogP contribution in [0.15, 0.2) is 47.4 Å². The molecule has 0 atom stereocenters. The number of nitrogens with zero attached hydrogens (tertiary/aromatic N) is 3. The van der Waals surface area contributed by atoms with Gasteiger partial charge in [-0.1, -0.05) is 19.1 Å². The van der Waals surface area contributed by atoms with Crippen molar-refractivity contribution in [2.75, 3.05) is 0 Å². The molecule has 0 spiro atoms. The third-order valence-corrected chi connectivity index (χ3v) is 5.63. The van der Waals surface area contributed by atoms with Crippen LogP contribution < -0.4 is 0 Å². The van der Waals surface area contributed by atoms with Gasteiger partial charge in [0, 0.05) is 53.9 Å². The van der Waals surface area contributed by atoms with Crippen LogP contribution in [0, 0.1) is 0 Å². The standard InChI is InChI=1S/C20H18N4S/c1-2-18-21-6-7-24(18)11-13-3-4-14-10-17-19(15-5-8-25-12-15)22-23-20(17)16(14)9-13/h3-9,12H,2,10-11H2,1H3,(H,22,23). The first-order valence-corrected chi connectivity index (χ1v) is 9.49. The fraction of sp³-hybridized carbons (Fsp3) is 0.200. The van der Waals surface area contributed by atoms with Crippen LogP contribution in [0.2, 0.25) is 0 Å². The highest BCUT2D eigenvalue weighted by Crippen LogP contribution is 2.40. The van der Waals surface area contributed by atoms with E-state index in [4.69, 9.17) is 0 Å². The monoisotopic (exact) mass is 346 g/mol. The molecule has 0 bridgehead atoms. The van der Waals surface area contributed by atoms with E-state index in [2.05, 4.69) is 67.9 Å². The number of hydrogen-bond acceptors (Lipinski definition) is 3. The van der Waals surface area contributed by atoms with Gasteiger partial charge in [0.25, 0.3) is 0 Å². The second-order valence-electron chi connectivity index (χ2n) is 6.43. The molecule has 3 heterocycles. The Labute approximate surface area is 150 Å². The highest BCUT2D eigenvalue weighted by atomic mass is 32.1. The smallest absolute Gasteiger partial charge is 0.108 e. The van der Waals surface area contributed by atoms with Crippen molar-refractivity contribution in [2.45, 2.75) is 26.3 Å². The fourth-order valence-corrected chi connectivity index (χ4v) is 4.33. The summed E-state index contributed by atoms with van der Waals surface area (Å²) >= 11 is 1.71. The van der Waals surface area contributed by atoms with E-state index in [1.54, 1.807) is 11.3 Å². The van der Waals surface area contributed by atoms with Crippen LogP contribution in [0.1, 0.15) is 29.4 Å². The number of hydrogen-bond donors (Lipinski definition) is 1. The molecule has 0 radical (unpaired) electrons. The van der Waals surface area contributed by atoms with E-state index in [-0.39, 0.29) is 0 Å². The topological polar surface area (TPSA) is 46.5 Å². The summed E-state index contributed by atoms with van der Waals surface area (Å²) in [6.07, 6.45) is 5.85. The summed E-state index contributed by atoms with van der Waals surface area (Å²) in [5.74, 6) is 1.13. The van der Waals surface area contributed by atoms with Gasteiger partial charge in [-0.2, -0.15) is 16.4 Å². The number of H-pyrrole nitrogens is 1. The number of aromatic nitrogens is 4. The zero-order valence-corrected chi connectivity index (χ0v) is 14.8. The van der Waals surface area contributed by atoms with E-state index in [9.17, 15) is 0 Å². The van der Waals surface area contributed by atoms with Gasteiger partial charge < -0.3 is 4.57 Å². The van der Waals surface area contributed by atoms with Gasteiger partial charge in [-0.3, -0.25) is 5.10 Å². The minimum atomic E-state index is 0.858. The summed E-state index contributed by atoms with van der Waals surface area (Å²) in [6.45, 7) is 3.00. The molecule has 1 aliphatic rings. The molecule has 1 aromatic carbocycles. The third kappa shape index (κ3) is 2.35. The average Bonchev–Trinajstić information content (AvgIpc) is 3.39. The minimum absolute atomic E-state index is 0.858. The van der Waals surface area contributed by atoms with E-state index in [0.29, 0.717) is 0 Å². The lowest BCUT2D eigenvalue weighted by Gasteiger charge is -2.08. The van der Waals surface area contributed by atoms with Gasteiger partial charge >= 0.3 is 0 Å². The van der Waals surface area contributed by atoms with Crippen LogP contribution in [0.5, 0.6) is 0 Å². The van der Waals surface area contributed by atoms with Crippen molar-refractivity contribution in [1.29, 1.82) is 0 Å². The first-order chi connectivity index (χ1) is 12.3. The maximum atomic E-state index is 4.58. The van der Waals surface area contributed by atoms with Crippen LogP contribution in [0.3, 0.4) is 0 Å². The molecule has 5 heteroatoms. The predicted molar refractivity (Wildman–Crippen MR) is 101 cm³/mol. The Hall–Kier alpha value is -2.66. The van der Waals surface area contributed by atoms with Crippen LogP contribution in [-0.2, 0) is 19.4 Å². The number of thiophene rings is 1. The number of aryl methyl sites for hydroxylation is 1. The Morgan fingerprint density at radius 1 is 1.28 bits per heavy atom. The first kappa shape index (κ1) is 14.7. The average molecular weight is 346 g/mol. The van der Waals surface area contributed by atoms with Crippen LogP contribution >= 0.6 is 11.3 Å². The quantitative estimate of drug-likeness (QED) is 0.520. The molecular weight excluding hydrogens is 328 g/mol. The van der Waals surface area contributed by atoms with Gasteiger partial charge in [-0.15, -0.1) is 0 Å². The Balaban J connectivity index is 1.52. The first-order valence-electron chi connectivity index (χ1n) is 8.55. The summed E-state index contributed by atoms with van der Waals surface area (Å²) in [5.41, 5.74) is 8.77. The molecule has 0 saturated carbocycles. The number of fused-ring (bicyclic) bond motifs is 3. The van der Waals surface area contributed by atoms with Crippen molar-refractivity contribution >= 4 is 11.3 Å². The van der Waals surface area contributed by atoms with Crippen molar-refractivity contribution in [3.05, 3.63) is 69.9 Å². The molecule has 1 aliphatic carbocycles. The molecule has 0 aliphatic heterocycles. The molecular formula is C20H18N4S. The predicted octanol–water partition coefficient (Wildman–Crippen LogP) is 4.52. The van der Waals surface area contributed by atoms with E-state index < -0.39 is 0 Å². The van der Waals surface area contributed by atoms with E-state index in [1.807, 2.05) is 6.20 Å². The zero-order chi connectivity index (χ0) is 16.8. The van der Waals surface area contributed by atoms with Crippen molar-refractivity contribution in [1.82, 2.24) is 19.7 Å². The molecule has 1 N–H and O–H groups in total. The normalized spacial score (nSPS) is 12.4. The summed E-state index contributed by atoms with van der Waals surface area (Å²) in [6, 6.07) is 8.94. The zero-order valence-electron chi connectivity index (χ0n) is 14.0. The van der Waals surface area contributed by atoms with Gasteiger partial charge in [0.05, 0.1) is 11.4 Å². The van der Waals surface area contributed by atoms with Crippen molar-refractivity contribution < 1.29 is 0 Å². The molecule has 0 saturated heterocycles. The number of imidazole rings is 1. The Kier molecular flexibility index (Phi) is 3.35. The van der Waals surface area contributed by atoms with Crippen LogP contribution in [-0.4, -0.2) is 19.7 Å². The molecule has 4 nitrogen and oxygen atoms in total. The molecule has 3 aromatic heterocycles. The molecule has 5 rings (SSSR count). The lowest BCUT2D eigenvalue weighted by Crippen LogP contribution is -2.03. The maximum Gasteiger partial charge on any atom is 0.108 e. The Morgan fingerprint density at radius 3 is 3.08 bits per heavy atom. The van der Waals surface area contributed by atoms with Crippen molar-refractivity contribution in [3.63, 3.8) is 0 Å². The molecule has 0 fully saturated rings. The third-order valence-electron chi connectivity index (χ3n) is 4.94. The largest absolute Gasteiger partial charge is 0.331 e. The van der Waals surface area contributed by atoms with Crippen molar-refractivity contribution in [2.24, 2.45) is 0 Å². The SMILES string of the molecule is CCc1nccn1Cc1ccc2c(c1)-c1[nH]nc(-c3ccsc3)c1C2. The highest BCUT2D eigenvalue weighted by molar-refractivity contribution is 7.08. The number of benzene rings is 1. The van der Waals surface area contributed by atoms with Crippen LogP contribution in [0.25, 0.3) is 22.5 Å². The molecule has 25 heavy (non-hydrogen) atoms. The number of rotatable bonds is 4. The lowest BCUT2D eigenvalue weighted by molar-refractivity contribution is 0.732. The highest BCUT2D eigenvalue weighted by Gasteiger charge is 2.25. The number of aromatic amines is 1. The van der Waals surface area contributed by atoms with Gasteiger partial charge in [0.1, 0.15) is 5.82 Å². The van der Waals surface area contributed by atoms with Gasteiger partial charge in [0.15, 0.2) is 0 Å². The fourth-order valence-electron chi connectivity index (χ4n) is 3.69. The minimum Gasteiger partial charge on any atom is -0.331 e. The summed E-state index contributed by atoms with van der Waals surface area (Å²) in [7, 11) is 0. The molecule has 4 aromatic rings. The Bertz CT molecular complexity index is 1040. The summed E-state index contributed by atoms with van der Waals surface area (Å²) in [4.78, 5) is 4.42. The second-order valence-corrected chi connectivity index (χ2v) is 7.21. The second kappa shape index (κ2) is 5.70. The van der Waals surface area contributed by atoms with Gasteiger partial charge in [-0.25, -0.2) is 4.98 Å². The van der Waals surface area contributed by atoms with Gasteiger partial charge in [0.2, 0.25) is 0 Å². The molecule has 0 unspecified atom stereocenters. The van der Waals surface area contributed by atoms with E-state index in [1.165, 1.54) is 33.5 Å².